The number of benzene rings is 1. The number of carbonyl (C=O) groups excluding carboxylic acids is 1. The number of para-hydroxylation sites is 1. The van der Waals surface area contributed by atoms with Crippen molar-refractivity contribution in [1.29, 1.82) is 5.26 Å². The van der Waals surface area contributed by atoms with E-state index in [4.69, 9.17) is 5.26 Å². The summed E-state index contributed by atoms with van der Waals surface area (Å²) >= 11 is 0. The average Bonchev–Trinajstić information content (AvgIpc) is 2.79. The first-order chi connectivity index (χ1) is 9.76. The molecule has 0 atom stereocenters. The molecule has 0 spiro atoms. The zero-order chi connectivity index (χ0) is 14.4. The number of amides is 1. The minimum atomic E-state index is -0.418. The predicted molar refractivity (Wildman–Crippen MR) is 78.1 cm³/mol. The Bertz CT molecular complexity index is 706. The van der Waals surface area contributed by atoms with E-state index >= 15 is 0 Å². The van der Waals surface area contributed by atoms with Gasteiger partial charge in [-0.15, -0.1) is 6.58 Å². The quantitative estimate of drug-likeness (QED) is 0.512. The van der Waals surface area contributed by atoms with Crippen molar-refractivity contribution >= 4 is 23.0 Å². The maximum atomic E-state index is 11.1. The number of aromatic nitrogens is 1. The number of carbonyl (C=O) groups is 1. The van der Waals surface area contributed by atoms with E-state index in [0.29, 0.717) is 6.54 Å². The fraction of sp³-hybridized carbons (Fsp3) is 0.133. The van der Waals surface area contributed by atoms with Gasteiger partial charge in [0.2, 0.25) is 0 Å². The normalized spacial score (nSPS) is 10.6. The van der Waals surface area contributed by atoms with Crippen molar-refractivity contribution in [3.8, 4) is 6.07 Å². The molecule has 0 unspecified atom stereocenters. The van der Waals surface area contributed by atoms with E-state index in [1.165, 1.54) is 0 Å². The zero-order valence-electron chi connectivity index (χ0n) is 10.9. The van der Waals surface area contributed by atoms with Crippen LogP contribution in [0.2, 0.25) is 0 Å². The van der Waals surface area contributed by atoms with Gasteiger partial charge < -0.3 is 4.57 Å². The summed E-state index contributed by atoms with van der Waals surface area (Å²) in [6.45, 7) is 4.44. The molecule has 0 radical (unpaired) electrons. The second-order valence-corrected chi connectivity index (χ2v) is 4.17. The van der Waals surface area contributed by atoms with E-state index in [-0.39, 0.29) is 6.42 Å². The van der Waals surface area contributed by atoms with Crippen molar-refractivity contribution in [2.45, 2.75) is 13.0 Å². The average molecular weight is 266 g/mol. The van der Waals surface area contributed by atoms with Crippen LogP contribution in [0.4, 0.5) is 0 Å². The molecule has 0 saturated heterocycles. The van der Waals surface area contributed by atoms with Gasteiger partial charge in [0, 0.05) is 29.2 Å². The molecule has 0 aliphatic carbocycles. The van der Waals surface area contributed by atoms with Gasteiger partial charge in [-0.1, -0.05) is 24.3 Å². The standard InChI is InChI=1S/C15H14N4O/c1-2-9-19-11-12(10-17-18-15(20)7-8-16)13-5-3-4-6-14(13)19/h2-6,10-11H,1,7,9H2,(H,18,20). The second kappa shape index (κ2) is 6.34. The van der Waals surface area contributed by atoms with Crippen molar-refractivity contribution in [3.63, 3.8) is 0 Å². The molecule has 5 nitrogen and oxygen atoms in total. The molecule has 0 saturated carbocycles. The molecule has 5 heteroatoms. The molecule has 0 aliphatic rings. The fourth-order valence-corrected chi connectivity index (χ4v) is 1.95. The maximum absolute atomic E-state index is 11.1. The minimum absolute atomic E-state index is 0.199. The third-order valence-corrected chi connectivity index (χ3v) is 2.78. The third kappa shape index (κ3) is 2.93. The first kappa shape index (κ1) is 13.6. The smallest absolute Gasteiger partial charge is 0.254 e. The maximum Gasteiger partial charge on any atom is 0.254 e. The van der Waals surface area contributed by atoms with Gasteiger partial charge in [-0.05, 0) is 6.07 Å². The SMILES string of the molecule is C=CCn1cc(C=NNC(=O)CC#N)c2ccccc21. The van der Waals surface area contributed by atoms with Gasteiger partial charge in [-0.3, -0.25) is 4.79 Å². The predicted octanol–water partition coefficient (Wildman–Crippen LogP) is 2.19. The molecule has 0 fully saturated rings. The highest BCUT2D eigenvalue weighted by molar-refractivity contribution is 5.99. The van der Waals surface area contributed by atoms with Crippen LogP contribution in [0.1, 0.15) is 12.0 Å². The van der Waals surface area contributed by atoms with Crippen LogP contribution in [-0.4, -0.2) is 16.7 Å². The summed E-state index contributed by atoms with van der Waals surface area (Å²) in [5, 5.41) is 13.3. The Morgan fingerprint density at radius 1 is 1.50 bits per heavy atom. The fourth-order valence-electron chi connectivity index (χ4n) is 1.95. The summed E-state index contributed by atoms with van der Waals surface area (Å²) in [5.74, 6) is -0.418. The summed E-state index contributed by atoms with van der Waals surface area (Å²) in [5.41, 5.74) is 4.30. The number of nitrogens with zero attached hydrogens (tertiary/aromatic N) is 3. The summed E-state index contributed by atoms with van der Waals surface area (Å²) < 4.78 is 2.06. The molecular formula is C15H14N4O. The lowest BCUT2D eigenvalue weighted by molar-refractivity contribution is -0.120. The molecule has 1 heterocycles. The monoisotopic (exact) mass is 266 g/mol. The van der Waals surface area contributed by atoms with E-state index in [2.05, 4.69) is 21.7 Å². The second-order valence-electron chi connectivity index (χ2n) is 4.17. The van der Waals surface area contributed by atoms with Crippen LogP contribution in [0, 0.1) is 11.3 Å². The highest BCUT2D eigenvalue weighted by Crippen LogP contribution is 2.19. The van der Waals surface area contributed by atoms with E-state index < -0.39 is 5.91 Å². The van der Waals surface area contributed by atoms with E-state index in [9.17, 15) is 4.79 Å². The molecule has 1 N–H and O–H groups in total. The molecule has 2 rings (SSSR count). The molecule has 20 heavy (non-hydrogen) atoms. The van der Waals surface area contributed by atoms with Gasteiger partial charge in [0.1, 0.15) is 6.42 Å². The van der Waals surface area contributed by atoms with Gasteiger partial charge in [0.25, 0.3) is 5.91 Å². The number of hydrogen-bond acceptors (Lipinski definition) is 3. The molecule has 0 aliphatic heterocycles. The first-order valence-corrected chi connectivity index (χ1v) is 6.14. The first-order valence-electron chi connectivity index (χ1n) is 6.14. The van der Waals surface area contributed by atoms with Crippen molar-refractivity contribution in [3.05, 3.63) is 48.7 Å². The van der Waals surface area contributed by atoms with Gasteiger partial charge in [-0.25, -0.2) is 5.43 Å². The summed E-state index contributed by atoms with van der Waals surface area (Å²) in [4.78, 5) is 11.1. The lowest BCUT2D eigenvalue weighted by Crippen LogP contribution is -2.16. The van der Waals surface area contributed by atoms with E-state index in [0.717, 1.165) is 16.5 Å². The van der Waals surface area contributed by atoms with Gasteiger partial charge in [-0.2, -0.15) is 10.4 Å². The molecule has 0 bridgehead atoms. The van der Waals surface area contributed by atoms with E-state index in [1.807, 2.05) is 36.5 Å². The molecule has 1 aromatic heterocycles. The Kier molecular flexibility index (Phi) is 4.30. The zero-order valence-corrected chi connectivity index (χ0v) is 10.9. The van der Waals surface area contributed by atoms with Crippen LogP contribution >= 0.6 is 0 Å². The van der Waals surface area contributed by atoms with E-state index in [1.54, 1.807) is 12.3 Å². The third-order valence-electron chi connectivity index (χ3n) is 2.78. The van der Waals surface area contributed by atoms with Crippen molar-refractivity contribution in [2.75, 3.05) is 0 Å². The highest BCUT2D eigenvalue weighted by atomic mass is 16.2. The summed E-state index contributed by atoms with van der Waals surface area (Å²) in [6, 6.07) is 9.70. The number of hydrogen-bond donors (Lipinski definition) is 1. The number of allylic oxidation sites excluding steroid dienone is 1. The van der Waals surface area contributed by atoms with Crippen LogP contribution in [0.5, 0.6) is 0 Å². The molecule has 1 aromatic carbocycles. The van der Waals surface area contributed by atoms with Crippen LogP contribution in [0.3, 0.4) is 0 Å². The Morgan fingerprint density at radius 2 is 2.30 bits per heavy atom. The number of nitrogens with one attached hydrogen (secondary N) is 1. The minimum Gasteiger partial charge on any atom is -0.343 e. The van der Waals surface area contributed by atoms with Crippen LogP contribution in [0.15, 0.2) is 48.2 Å². The Morgan fingerprint density at radius 3 is 3.05 bits per heavy atom. The van der Waals surface area contributed by atoms with Crippen LogP contribution in [-0.2, 0) is 11.3 Å². The number of rotatable bonds is 5. The Hall–Kier alpha value is -2.87. The molecule has 1 amide bonds. The van der Waals surface area contributed by atoms with Crippen LogP contribution in [0.25, 0.3) is 10.9 Å². The Balaban J connectivity index is 2.26. The van der Waals surface area contributed by atoms with Crippen molar-refractivity contribution in [1.82, 2.24) is 9.99 Å². The van der Waals surface area contributed by atoms with Crippen molar-refractivity contribution in [2.24, 2.45) is 5.10 Å². The lowest BCUT2D eigenvalue weighted by atomic mass is 10.2. The molecule has 100 valence electrons. The number of hydrazone groups is 1. The molecular weight excluding hydrogens is 252 g/mol. The number of nitriles is 1. The van der Waals surface area contributed by atoms with Crippen molar-refractivity contribution < 1.29 is 4.79 Å². The lowest BCUT2D eigenvalue weighted by Gasteiger charge is -1.98. The molecule has 2 aromatic rings. The summed E-state index contributed by atoms with van der Waals surface area (Å²) in [6.07, 6.45) is 5.15. The van der Waals surface area contributed by atoms with Gasteiger partial charge in [0.05, 0.1) is 12.3 Å². The van der Waals surface area contributed by atoms with Gasteiger partial charge >= 0.3 is 0 Å². The largest absolute Gasteiger partial charge is 0.343 e. The number of fused-ring (bicyclic) bond motifs is 1. The Labute approximate surface area is 116 Å². The van der Waals surface area contributed by atoms with Gasteiger partial charge in [0.15, 0.2) is 0 Å². The van der Waals surface area contributed by atoms with Crippen LogP contribution < -0.4 is 5.43 Å². The topological polar surface area (TPSA) is 70.2 Å². The summed E-state index contributed by atoms with van der Waals surface area (Å²) in [7, 11) is 0. The highest BCUT2D eigenvalue weighted by Gasteiger charge is 2.05.